The van der Waals surface area contributed by atoms with E-state index in [4.69, 9.17) is 4.43 Å². The first-order valence-electron chi connectivity index (χ1n) is 8.32. The van der Waals surface area contributed by atoms with E-state index >= 15 is 0 Å². The van der Waals surface area contributed by atoms with Crippen LogP contribution in [-0.4, -0.2) is 52.3 Å². The van der Waals surface area contributed by atoms with Crippen LogP contribution in [0.5, 0.6) is 0 Å². The normalized spacial score (nSPS) is 15.8. The third kappa shape index (κ3) is 5.87. The van der Waals surface area contributed by atoms with Crippen molar-refractivity contribution in [2.75, 3.05) is 13.2 Å². The summed E-state index contributed by atoms with van der Waals surface area (Å²) in [6.45, 7) is 11.2. The highest BCUT2D eigenvalue weighted by atomic mass is 32.2. The van der Waals surface area contributed by atoms with Gasteiger partial charge in [0.25, 0.3) is 0 Å². The zero-order valence-electron chi connectivity index (χ0n) is 15.9. The fourth-order valence-electron chi connectivity index (χ4n) is 2.02. The van der Waals surface area contributed by atoms with Gasteiger partial charge in [-0.05, 0) is 37.2 Å². The summed E-state index contributed by atoms with van der Waals surface area (Å²) in [6, 6.07) is 5.50. The molecule has 0 aromatic heterocycles. The minimum atomic E-state index is -3.82. The number of sulfonamides is 1. The van der Waals surface area contributed by atoms with Gasteiger partial charge in [-0.25, -0.2) is 13.1 Å². The fourth-order valence-corrected chi connectivity index (χ4v) is 4.62. The lowest BCUT2D eigenvalue weighted by Gasteiger charge is -2.40. The molecule has 0 aliphatic heterocycles. The Hall–Kier alpha value is -0.773. The molecule has 0 fully saturated rings. The second kappa shape index (κ2) is 8.28. The van der Waals surface area contributed by atoms with Gasteiger partial charge >= 0.3 is 0 Å². The molecule has 2 atom stereocenters. The predicted molar refractivity (Wildman–Crippen MR) is 102 cm³/mol. The molecule has 144 valence electrons. The number of aliphatic hydroxyl groups is 2. The predicted octanol–water partition coefficient (Wildman–Crippen LogP) is 2.02. The molecular weight excluding hydrogens is 358 g/mol. The Labute approximate surface area is 152 Å². The first kappa shape index (κ1) is 22.3. The molecule has 3 N–H and O–H groups in total. The SMILES string of the molecule is Cc1ccc(S(=O)(=O)N[C@@H](CO)[C@H](CO)O[Si](C)(C)C(C)(C)C)cc1. The van der Waals surface area contributed by atoms with E-state index in [-0.39, 0.29) is 16.5 Å². The lowest BCUT2D eigenvalue weighted by molar-refractivity contribution is 0.0572. The smallest absolute Gasteiger partial charge is 0.240 e. The second-order valence-corrected chi connectivity index (χ2v) is 14.3. The minimum Gasteiger partial charge on any atom is -0.410 e. The van der Waals surface area contributed by atoms with Gasteiger partial charge in [0.05, 0.1) is 30.3 Å². The van der Waals surface area contributed by atoms with E-state index in [2.05, 4.69) is 25.5 Å². The van der Waals surface area contributed by atoms with Gasteiger partial charge < -0.3 is 14.6 Å². The van der Waals surface area contributed by atoms with Crippen LogP contribution < -0.4 is 4.72 Å². The number of rotatable bonds is 8. The molecule has 0 unspecified atom stereocenters. The van der Waals surface area contributed by atoms with Crippen molar-refractivity contribution >= 4 is 18.3 Å². The van der Waals surface area contributed by atoms with Crippen LogP contribution in [-0.2, 0) is 14.4 Å². The monoisotopic (exact) mass is 389 g/mol. The average molecular weight is 390 g/mol. The Bertz CT molecular complexity index is 653. The van der Waals surface area contributed by atoms with Crippen LogP contribution in [0.4, 0.5) is 0 Å². The van der Waals surface area contributed by atoms with Crippen molar-refractivity contribution in [3.8, 4) is 0 Å². The van der Waals surface area contributed by atoms with E-state index in [1.165, 1.54) is 12.1 Å². The van der Waals surface area contributed by atoms with Crippen molar-refractivity contribution in [2.24, 2.45) is 0 Å². The van der Waals surface area contributed by atoms with Crippen LogP contribution in [0.3, 0.4) is 0 Å². The quantitative estimate of drug-likeness (QED) is 0.591. The molecule has 0 amide bonds. The number of aryl methyl sites for hydroxylation is 1. The molecule has 0 bridgehead atoms. The summed E-state index contributed by atoms with van der Waals surface area (Å²) >= 11 is 0. The van der Waals surface area contributed by atoms with E-state index in [1.807, 2.05) is 20.0 Å². The highest BCUT2D eigenvalue weighted by molar-refractivity contribution is 7.89. The molecule has 1 aromatic carbocycles. The Balaban J connectivity index is 3.01. The van der Waals surface area contributed by atoms with E-state index in [9.17, 15) is 18.6 Å². The molecule has 25 heavy (non-hydrogen) atoms. The highest BCUT2D eigenvalue weighted by Gasteiger charge is 2.41. The van der Waals surface area contributed by atoms with E-state index in [0.29, 0.717) is 0 Å². The summed E-state index contributed by atoms with van der Waals surface area (Å²) in [5.41, 5.74) is 0.951. The molecule has 0 aliphatic carbocycles. The van der Waals surface area contributed by atoms with Crippen molar-refractivity contribution in [2.45, 2.75) is 62.9 Å². The highest BCUT2D eigenvalue weighted by Crippen LogP contribution is 2.37. The standard InChI is InChI=1S/C17H31NO5SSi/c1-13-7-9-14(10-8-13)24(21,22)18-15(11-19)16(12-20)23-25(5,6)17(2,3)4/h7-10,15-16,18-20H,11-12H2,1-6H3/t15-,16-/m0/s1. The first-order chi connectivity index (χ1) is 11.3. The Morgan fingerprint density at radius 1 is 1.12 bits per heavy atom. The van der Waals surface area contributed by atoms with Crippen molar-refractivity contribution in [1.29, 1.82) is 0 Å². The maximum Gasteiger partial charge on any atom is 0.240 e. The molecule has 0 saturated carbocycles. The van der Waals surface area contributed by atoms with Gasteiger partial charge in [0, 0.05) is 0 Å². The second-order valence-electron chi connectivity index (χ2n) is 7.82. The van der Waals surface area contributed by atoms with E-state index in [1.54, 1.807) is 12.1 Å². The van der Waals surface area contributed by atoms with Crippen LogP contribution in [0, 0.1) is 6.92 Å². The molecule has 1 aromatic rings. The lowest BCUT2D eigenvalue weighted by Crippen LogP contribution is -2.54. The molecule has 6 nitrogen and oxygen atoms in total. The topological polar surface area (TPSA) is 95.9 Å². The van der Waals surface area contributed by atoms with Gasteiger partial charge in [-0.1, -0.05) is 38.5 Å². The first-order valence-corrected chi connectivity index (χ1v) is 12.7. The average Bonchev–Trinajstić information content (AvgIpc) is 2.49. The van der Waals surface area contributed by atoms with Crippen molar-refractivity contribution in [3.05, 3.63) is 29.8 Å². The largest absolute Gasteiger partial charge is 0.410 e. The third-order valence-electron chi connectivity index (χ3n) is 4.72. The summed E-state index contributed by atoms with van der Waals surface area (Å²) < 4.78 is 33.7. The number of benzene rings is 1. The lowest BCUT2D eigenvalue weighted by atomic mass is 10.2. The van der Waals surface area contributed by atoms with Gasteiger partial charge in [-0.15, -0.1) is 0 Å². The Morgan fingerprint density at radius 3 is 2.04 bits per heavy atom. The number of hydrogen-bond acceptors (Lipinski definition) is 5. The van der Waals surface area contributed by atoms with Crippen molar-refractivity contribution < 1.29 is 23.1 Å². The number of aliphatic hydroxyl groups excluding tert-OH is 2. The third-order valence-corrected chi connectivity index (χ3v) is 10.7. The Kier molecular flexibility index (Phi) is 7.38. The molecule has 8 heteroatoms. The number of hydrogen-bond donors (Lipinski definition) is 3. The zero-order valence-corrected chi connectivity index (χ0v) is 17.7. The van der Waals surface area contributed by atoms with Gasteiger partial charge in [-0.2, -0.15) is 0 Å². The summed E-state index contributed by atoms with van der Waals surface area (Å²) in [5, 5.41) is 19.3. The molecule has 0 aliphatic rings. The Morgan fingerprint density at radius 2 is 1.64 bits per heavy atom. The van der Waals surface area contributed by atoms with Crippen molar-refractivity contribution in [3.63, 3.8) is 0 Å². The summed E-state index contributed by atoms with van der Waals surface area (Å²) in [6.07, 6.45) is -0.814. The van der Waals surface area contributed by atoms with Crippen LogP contribution in [0.1, 0.15) is 26.3 Å². The van der Waals surface area contributed by atoms with E-state index < -0.39 is 37.1 Å². The van der Waals surface area contributed by atoms with Crippen LogP contribution in [0.15, 0.2) is 29.2 Å². The van der Waals surface area contributed by atoms with Gasteiger partial charge in [-0.3, -0.25) is 0 Å². The van der Waals surface area contributed by atoms with Crippen LogP contribution in [0.2, 0.25) is 18.1 Å². The molecular formula is C17H31NO5SSi. The zero-order chi connectivity index (χ0) is 19.5. The summed E-state index contributed by atoms with van der Waals surface area (Å²) in [7, 11) is -6.06. The van der Waals surface area contributed by atoms with E-state index in [0.717, 1.165) is 5.56 Å². The van der Waals surface area contributed by atoms with Crippen LogP contribution >= 0.6 is 0 Å². The van der Waals surface area contributed by atoms with Crippen LogP contribution in [0.25, 0.3) is 0 Å². The summed E-state index contributed by atoms with van der Waals surface area (Å²) in [4.78, 5) is 0.112. The maximum atomic E-state index is 12.5. The van der Waals surface area contributed by atoms with Crippen molar-refractivity contribution in [1.82, 2.24) is 4.72 Å². The summed E-state index contributed by atoms with van der Waals surface area (Å²) in [5.74, 6) is 0. The van der Waals surface area contributed by atoms with Gasteiger partial charge in [0.2, 0.25) is 10.0 Å². The van der Waals surface area contributed by atoms with Gasteiger partial charge in [0.1, 0.15) is 0 Å². The molecule has 0 heterocycles. The maximum absolute atomic E-state index is 12.5. The minimum absolute atomic E-state index is 0.101. The fraction of sp³-hybridized carbons (Fsp3) is 0.647. The molecule has 0 saturated heterocycles. The molecule has 1 rings (SSSR count). The molecule has 0 radical (unpaired) electrons. The molecule has 0 spiro atoms. The number of nitrogens with one attached hydrogen (secondary N) is 1. The van der Waals surface area contributed by atoms with Gasteiger partial charge in [0.15, 0.2) is 8.32 Å².